The molecule has 162 valence electrons. The van der Waals surface area contributed by atoms with E-state index in [9.17, 15) is 14.7 Å². The third-order valence-corrected chi connectivity index (χ3v) is 5.74. The van der Waals surface area contributed by atoms with Gasteiger partial charge in [0.05, 0.1) is 31.9 Å². The van der Waals surface area contributed by atoms with Crippen molar-refractivity contribution in [2.75, 3.05) is 27.4 Å². The number of amides is 1. The topological polar surface area (TPSA) is 85.3 Å². The Kier molecular flexibility index (Phi) is 5.95. The predicted octanol–water partition coefficient (Wildman–Crippen LogP) is 3.30. The SMILES string of the molecule is COc1ccc(OC)c(C2/C(=C(\O)c3ccccc3)C(=O)C(=O)N2CC2CCCO2)c1. The van der Waals surface area contributed by atoms with Gasteiger partial charge in [-0.05, 0) is 31.0 Å². The summed E-state index contributed by atoms with van der Waals surface area (Å²) in [5.74, 6) is -0.567. The molecule has 0 bridgehead atoms. The summed E-state index contributed by atoms with van der Waals surface area (Å²) in [5.41, 5.74) is 1.06. The van der Waals surface area contributed by atoms with Gasteiger partial charge in [-0.1, -0.05) is 30.3 Å². The Labute approximate surface area is 180 Å². The van der Waals surface area contributed by atoms with Crippen LogP contribution in [0.1, 0.15) is 30.0 Å². The molecule has 1 amide bonds. The number of ketones is 1. The summed E-state index contributed by atoms with van der Waals surface area (Å²) < 4.78 is 16.6. The van der Waals surface area contributed by atoms with E-state index >= 15 is 0 Å². The Bertz CT molecular complexity index is 1010. The van der Waals surface area contributed by atoms with Gasteiger partial charge in [0.2, 0.25) is 0 Å². The van der Waals surface area contributed by atoms with Crippen molar-refractivity contribution in [3.63, 3.8) is 0 Å². The van der Waals surface area contributed by atoms with Crippen LogP contribution in [0.25, 0.3) is 5.76 Å². The van der Waals surface area contributed by atoms with Crippen LogP contribution in [0, 0.1) is 0 Å². The highest BCUT2D eigenvalue weighted by molar-refractivity contribution is 6.46. The molecule has 0 saturated carbocycles. The zero-order chi connectivity index (χ0) is 22.0. The van der Waals surface area contributed by atoms with E-state index in [1.54, 1.807) is 49.6 Å². The van der Waals surface area contributed by atoms with Gasteiger partial charge in [0.15, 0.2) is 0 Å². The second-order valence-electron chi connectivity index (χ2n) is 7.56. The van der Waals surface area contributed by atoms with Gasteiger partial charge >= 0.3 is 0 Å². The number of benzene rings is 2. The van der Waals surface area contributed by atoms with Crippen LogP contribution < -0.4 is 9.47 Å². The Morgan fingerprint density at radius 3 is 2.55 bits per heavy atom. The zero-order valence-electron chi connectivity index (χ0n) is 17.5. The highest BCUT2D eigenvalue weighted by Crippen LogP contribution is 2.44. The fraction of sp³-hybridized carbons (Fsp3) is 0.333. The summed E-state index contributed by atoms with van der Waals surface area (Å²) in [6, 6.07) is 13.1. The van der Waals surface area contributed by atoms with Gasteiger partial charge in [-0.3, -0.25) is 9.59 Å². The minimum Gasteiger partial charge on any atom is -0.507 e. The van der Waals surface area contributed by atoms with Crippen LogP contribution in [0.4, 0.5) is 0 Å². The Morgan fingerprint density at radius 2 is 1.90 bits per heavy atom. The molecule has 2 atom stereocenters. The minimum absolute atomic E-state index is 0.0285. The molecule has 7 heteroatoms. The van der Waals surface area contributed by atoms with Crippen molar-refractivity contribution in [1.82, 2.24) is 4.90 Å². The van der Waals surface area contributed by atoms with E-state index in [0.29, 0.717) is 29.2 Å². The summed E-state index contributed by atoms with van der Waals surface area (Å²) in [6.45, 7) is 0.882. The summed E-state index contributed by atoms with van der Waals surface area (Å²) in [6.07, 6.45) is 1.56. The fourth-order valence-corrected chi connectivity index (χ4v) is 4.20. The molecule has 2 fully saturated rings. The van der Waals surface area contributed by atoms with E-state index in [0.717, 1.165) is 12.8 Å². The average molecular weight is 423 g/mol. The molecule has 0 aromatic heterocycles. The molecule has 2 aliphatic heterocycles. The Morgan fingerprint density at radius 1 is 1.13 bits per heavy atom. The third kappa shape index (κ3) is 3.88. The van der Waals surface area contributed by atoms with Crippen molar-refractivity contribution in [2.24, 2.45) is 0 Å². The predicted molar refractivity (Wildman–Crippen MR) is 114 cm³/mol. The number of nitrogens with zero attached hydrogens (tertiary/aromatic N) is 1. The molecule has 0 radical (unpaired) electrons. The van der Waals surface area contributed by atoms with E-state index in [1.807, 2.05) is 6.07 Å². The number of Topliss-reactive ketones (excluding diaryl/α,β-unsaturated/α-hetero) is 1. The Balaban J connectivity index is 1.89. The molecule has 2 unspecified atom stereocenters. The lowest BCUT2D eigenvalue weighted by atomic mass is 9.94. The number of rotatable bonds is 6. The van der Waals surface area contributed by atoms with Crippen molar-refractivity contribution >= 4 is 17.4 Å². The monoisotopic (exact) mass is 423 g/mol. The third-order valence-electron chi connectivity index (χ3n) is 5.74. The zero-order valence-corrected chi connectivity index (χ0v) is 17.5. The van der Waals surface area contributed by atoms with E-state index in [4.69, 9.17) is 14.2 Å². The van der Waals surface area contributed by atoms with Gasteiger partial charge in [-0.2, -0.15) is 0 Å². The molecule has 4 rings (SSSR count). The largest absolute Gasteiger partial charge is 0.507 e. The van der Waals surface area contributed by atoms with Crippen molar-refractivity contribution in [2.45, 2.75) is 25.0 Å². The molecular weight excluding hydrogens is 398 g/mol. The van der Waals surface area contributed by atoms with Crippen LogP contribution in [-0.2, 0) is 14.3 Å². The number of hydrogen-bond donors (Lipinski definition) is 1. The molecule has 7 nitrogen and oxygen atoms in total. The molecule has 1 N–H and O–H groups in total. The lowest BCUT2D eigenvalue weighted by Gasteiger charge is -2.28. The first-order chi connectivity index (χ1) is 15.0. The van der Waals surface area contributed by atoms with E-state index in [2.05, 4.69) is 0 Å². The van der Waals surface area contributed by atoms with Crippen molar-refractivity contribution in [1.29, 1.82) is 0 Å². The molecule has 31 heavy (non-hydrogen) atoms. The molecule has 2 aromatic carbocycles. The fourth-order valence-electron chi connectivity index (χ4n) is 4.20. The van der Waals surface area contributed by atoms with Gasteiger partial charge in [-0.25, -0.2) is 0 Å². The maximum Gasteiger partial charge on any atom is 0.295 e. The number of ether oxygens (including phenoxy) is 3. The number of methoxy groups -OCH3 is 2. The lowest BCUT2D eigenvalue weighted by Crippen LogP contribution is -2.36. The lowest BCUT2D eigenvalue weighted by molar-refractivity contribution is -0.140. The quantitative estimate of drug-likeness (QED) is 0.436. The maximum absolute atomic E-state index is 13.1. The normalized spacial score (nSPS) is 22.7. The standard InChI is InChI=1S/C24H25NO6/c1-29-16-10-11-19(30-2)18(13-16)21-20(22(26)15-7-4-3-5-8-15)23(27)24(28)25(21)14-17-9-6-12-31-17/h3-5,7-8,10-11,13,17,21,26H,6,9,12,14H2,1-2H3/b22-20+. The summed E-state index contributed by atoms with van der Waals surface area (Å²) >= 11 is 0. The summed E-state index contributed by atoms with van der Waals surface area (Å²) in [7, 11) is 3.06. The highest BCUT2D eigenvalue weighted by atomic mass is 16.5. The Hall–Kier alpha value is -3.32. The van der Waals surface area contributed by atoms with Crippen LogP contribution in [0.5, 0.6) is 11.5 Å². The smallest absolute Gasteiger partial charge is 0.295 e. The van der Waals surface area contributed by atoms with Crippen molar-refractivity contribution in [3.05, 3.63) is 65.2 Å². The van der Waals surface area contributed by atoms with E-state index in [-0.39, 0.29) is 24.0 Å². The van der Waals surface area contributed by atoms with Gasteiger partial charge in [0, 0.05) is 24.3 Å². The number of hydrogen-bond acceptors (Lipinski definition) is 6. The van der Waals surface area contributed by atoms with Gasteiger partial charge < -0.3 is 24.2 Å². The van der Waals surface area contributed by atoms with Crippen LogP contribution in [0.2, 0.25) is 0 Å². The first-order valence-electron chi connectivity index (χ1n) is 10.2. The molecule has 2 saturated heterocycles. The average Bonchev–Trinajstić information content (AvgIpc) is 3.41. The number of carbonyl (C=O) groups is 2. The molecular formula is C24H25NO6. The number of carbonyl (C=O) groups excluding carboxylic acids is 2. The first kappa shape index (κ1) is 20.9. The first-order valence-corrected chi connectivity index (χ1v) is 10.2. The van der Waals surface area contributed by atoms with Crippen LogP contribution in [0.15, 0.2) is 54.1 Å². The van der Waals surface area contributed by atoms with Crippen LogP contribution in [-0.4, -0.2) is 55.2 Å². The summed E-state index contributed by atoms with van der Waals surface area (Å²) in [5, 5.41) is 11.1. The number of likely N-dealkylation sites (tertiary alicyclic amines) is 1. The van der Waals surface area contributed by atoms with E-state index < -0.39 is 17.7 Å². The van der Waals surface area contributed by atoms with Gasteiger partial charge in [0.1, 0.15) is 17.3 Å². The second kappa shape index (κ2) is 8.81. The molecule has 0 aliphatic carbocycles. The van der Waals surface area contributed by atoms with Crippen LogP contribution in [0.3, 0.4) is 0 Å². The summed E-state index contributed by atoms with van der Waals surface area (Å²) in [4.78, 5) is 27.7. The molecule has 2 aromatic rings. The van der Waals surface area contributed by atoms with Gasteiger partial charge in [0.25, 0.3) is 11.7 Å². The number of aliphatic hydroxyl groups is 1. The molecule has 0 spiro atoms. The molecule has 2 aliphatic rings. The maximum atomic E-state index is 13.1. The minimum atomic E-state index is -0.825. The second-order valence-corrected chi connectivity index (χ2v) is 7.56. The molecule has 2 heterocycles. The van der Waals surface area contributed by atoms with Crippen LogP contribution >= 0.6 is 0 Å². The van der Waals surface area contributed by atoms with Gasteiger partial charge in [-0.15, -0.1) is 0 Å². The van der Waals surface area contributed by atoms with Crippen molar-refractivity contribution < 1.29 is 28.9 Å². The van der Waals surface area contributed by atoms with Crippen molar-refractivity contribution in [3.8, 4) is 11.5 Å². The highest BCUT2D eigenvalue weighted by Gasteiger charge is 2.48. The van der Waals surface area contributed by atoms with E-state index in [1.165, 1.54) is 12.0 Å². The number of aliphatic hydroxyl groups excluding tert-OH is 1.